The summed E-state index contributed by atoms with van der Waals surface area (Å²) in [7, 11) is 0. The van der Waals surface area contributed by atoms with Crippen molar-refractivity contribution in [2.24, 2.45) is 0 Å². The summed E-state index contributed by atoms with van der Waals surface area (Å²) in [6, 6.07) is 14.2. The molecule has 1 aliphatic rings. The van der Waals surface area contributed by atoms with Crippen LogP contribution in [0.5, 0.6) is 0 Å². The van der Waals surface area contributed by atoms with Crippen molar-refractivity contribution in [2.75, 3.05) is 5.32 Å². The SMILES string of the molecule is Fc1cccc2c1CCC2Nc1ccc2sccc2c1. The number of fused-ring (bicyclic) bond motifs is 2. The molecule has 2 aromatic carbocycles. The quantitative estimate of drug-likeness (QED) is 0.686. The lowest BCUT2D eigenvalue weighted by molar-refractivity contribution is 0.612. The molecule has 4 rings (SSSR count). The lowest BCUT2D eigenvalue weighted by Gasteiger charge is -2.15. The molecule has 1 nitrogen and oxygen atoms in total. The molecular weight excluding hydrogens is 269 g/mol. The summed E-state index contributed by atoms with van der Waals surface area (Å²) in [5.74, 6) is -0.0694. The molecule has 0 fully saturated rings. The fourth-order valence-electron chi connectivity index (χ4n) is 3.02. The Bertz CT molecular complexity index is 778. The van der Waals surface area contributed by atoms with E-state index in [1.807, 2.05) is 6.07 Å². The molecule has 1 aromatic heterocycles. The average Bonchev–Trinajstić information content (AvgIpc) is 3.06. The Balaban J connectivity index is 1.66. The van der Waals surface area contributed by atoms with Gasteiger partial charge >= 0.3 is 0 Å². The number of benzene rings is 2. The van der Waals surface area contributed by atoms with Gasteiger partial charge in [0.05, 0.1) is 6.04 Å². The molecule has 1 aliphatic carbocycles. The molecule has 0 saturated heterocycles. The first-order valence-corrected chi connectivity index (χ1v) is 7.70. The van der Waals surface area contributed by atoms with Gasteiger partial charge in [0.15, 0.2) is 0 Å². The number of hydrogen-bond donors (Lipinski definition) is 1. The Morgan fingerprint density at radius 3 is 3.05 bits per heavy atom. The predicted molar refractivity (Wildman–Crippen MR) is 82.9 cm³/mol. The highest BCUT2D eigenvalue weighted by Crippen LogP contribution is 2.36. The first kappa shape index (κ1) is 11.9. The summed E-state index contributed by atoms with van der Waals surface area (Å²) in [6.07, 6.45) is 1.78. The number of halogens is 1. The second-order valence-electron chi connectivity index (χ2n) is 5.22. The molecule has 3 heteroatoms. The lowest BCUT2D eigenvalue weighted by Crippen LogP contribution is -2.06. The van der Waals surface area contributed by atoms with Crippen molar-refractivity contribution in [3.8, 4) is 0 Å². The van der Waals surface area contributed by atoms with Gasteiger partial charge in [-0.05, 0) is 65.1 Å². The summed E-state index contributed by atoms with van der Waals surface area (Å²) in [4.78, 5) is 0. The van der Waals surface area contributed by atoms with E-state index in [4.69, 9.17) is 0 Å². The molecule has 0 amide bonds. The molecule has 0 spiro atoms. The van der Waals surface area contributed by atoms with Crippen molar-refractivity contribution in [3.63, 3.8) is 0 Å². The van der Waals surface area contributed by atoms with Crippen LogP contribution in [0.15, 0.2) is 47.8 Å². The Morgan fingerprint density at radius 1 is 1.15 bits per heavy atom. The van der Waals surface area contributed by atoms with E-state index in [-0.39, 0.29) is 11.9 Å². The number of nitrogens with one attached hydrogen (secondary N) is 1. The fourth-order valence-corrected chi connectivity index (χ4v) is 3.79. The molecular formula is C17H14FNS. The minimum atomic E-state index is -0.0694. The van der Waals surface area contributed by atoms with Gasteiger partial charge in [-0.2, -0.15) is 0 Å². The Labute approximate surface area is 121 Å². The Hall–Kier alpha value is -1.87. The zero-order chi connectivity index (χ0) is 13.5. The normalized spacial score (nSPS) is 17.4. The third kappa shape index (κ3) is 1.90. The summed E-state index contributed by atoms with van der Waals surface area (Å²) < 4.78 is 15.0. The van der Waals surface area contributed by atoms with Crippen molar-refractivity contribution in [3.05, 3.63) is 64.8 Å². The van der Waals surface area contributed by atoms with Gasteiger partial charge in [0.1, 0.15) is 5.82 Å². The summed E-state index contributed by atoms with van der Waals surface area (Å²) in [5, 5.41) is 6.91. The highest BCUT2D eigenvalue weighted by Gasteiger charge is 2.24. The van der Waals surface area contributed by atoms with Crippen LogP contribution in [0, 0.1) is 5.82 Å². The molecule has 20 heavy (non-hydrogen) atoms. The van der Waals surface area contributed by atoms with E-state index < -0.39 is 0 Å². The summed E-state index contributed by atoms with van der Waals surface area (Å²) in [5.41, 5.74) is 3.09. The maximum absolute atomic E-state index is 13.7. The number of rotatable bonds is 2. The topological polar surface area (TPSA) is 12.0 Å². The largest absolute Gasteiger partial charge is 0.378 e. The summed E-state index contributed by atoms with van der Waals surface area (Å²) in [6.45, 7) is 0. The van der Waals surface area contributed by atoms with Gasteiger partial charge in [-0.1, -0.05) is 12.1 Å². The zero-order valence-electron chi connectivity index (χ0n) is 10.9. The molecule has 1 atom stereocenters. The van der Waals surface area contributed by atoms with Gasteiger partial charge < -0.3 is 5.32 Å². The Morgan fingerprint density at radius 2 is 2.10 bits per heavy atom. The van der Waals surface area contributed by atoms with E-state index in [1.54, 1.807) is 23.5 Å². The third-order valence-electron chi connectivity index (χ3n) is 4.01. The molecule has 0 bridgehead atoms. The molecule has 100 valence electrons. The van der Waals surface area contributed by atoms with Crippen molar-refractivity contribution in [1.29, 1.82) is 0 Å². The molecule has 1 heterocycles. The van der Waals surface area contributed by atoms with Crippen LogP contribution in [0.4, 0.5) is 10.1 Å². The fraction of sp³-hybridized carbons (Fsp3) is 0.176. The van der Waals surface area contributed by atoms with E-state index in [9.17, 15) is 4.39 Å². The van der Waals surface area contributed by atoms with E-state index in [0.717, 1.165) is 29.7 Å². The highest BCUT2D eigenvalue weighted by molar-refractivity contribution is 7.17. The minimum absolute atomic E-state index is 0.0694. The van der Waals surface area contributed by atoms with E-state index in [0.29, 0.717) is 0 Å². The van der Waals surface area contributed by atoms with Crippen molar-refractivity contribution in [2.45, 2.75) is 18.9 Å². The van der Waals surface area contributed by atoms with Crippen molar-refractivity contribution in [1.82, 2.24) is 0 Å². The lowest BCUT2D eigenvalue weighted by atomic mass is 10.1. The van der Waals surface area contributed by atoms with Gasteiger partial charge in [0.2, 0.25) is 0 Å². The van der Waals surface area contributed by atoms with Crippen molar-refractivity contribution >= 4 is 27.1 Å². The van der Waals surface area contributed by atoms with E-state index >= 15 is 0 Å². The van der Waals surface area contributed by atoms with Gasteiger partial charge in [0.25, 0.3) is 0 Å². The maximum atomic E-state index is 13.7. The van der Waals surface area contributed by atoms with Gasteiger partial charge in [-0.25, -0.2) is 4.39 Å². The average molecular weight is 283 g/mol. The van der Waals surface area contributed by atoms with Crippen LogP contribution in [-0.2, 0) is 6.42 Å². The van der Waals surface area contributed by atoms with E-state index in [1.165, 1.54) is 10.1 Å². The summed E-state index contributed by atoms with van der Waals surface area (Å²) >= 11 is 1.75. The smallest absolute Gasteiger partial charge is 0.126 e. The third-order valence-corrected chi connectivity index (χ3v) is 4.90. The monoisotopic (exact) mass is 283 g/mol. The van der Waals surface area contributed by atoms with Crippen LogP contribution in [-0.4, -0.2) is 0 Å². The molecule has 0 radical (unpaired) electrons. The van der Waals surface area contributed by atoms with Gasteiger partial charge in [0, 0.05) is 10.4 Å². The molecule has 1 N–H and O–H groups in total. The second-order valence-corrected chi connectivity index (χ2v) is 6.16. The first-order valence-electron chi connectivity index (χ1n) is 6.82. The van der Waals surface area contributed by atoms with Crippen LogP contribution in [0.2, 0.25) is 0 Å². The molecule has 0 aliphatic heterocycles. The van der Waals surface area contributed by atoms with E-state index in [2.05, 4.69) is 35.0 Å². The number of anilines is 1. The predicted octanol–water partition coefficient (Wildman–Crippen LogP) is 5.14. The van der Waals surface area contributed by atoms with Crippen LogP contribution in [0.1, 0.15) is 23.6 Å². The van der Waals surface area contributed by atoms with Gasteiger partial charge in [-0.3, -0.25) is 0 Å². The van der Waals surface area contributed by atoms with Crippen LogP contribution in [0.25, 0.3) is 10.1 Å². The van der Waals surface area contributed by atoms with Crippen LogP contribution < -0.4 is 5.32 Å². The van der Waals surface area contributed by atoms with Gasteiger partial charge in [-0.15, -0.1) is 11.3 Å². The van der Waals surface area contributed by atoms with Crippen LogP contribution >= 0.6 is 11.3 Å². The second kappa shape index (κ2) is 4.60. The standard InChI is InChI=1S/C17H14FNS/c18-15-3-1-2-14-13(15)5-6-16(14)19-12-4-7-17-11(10-12)8-9-20-17/h1-4,7-10,16,19H,5-6H2. The maximum Gasteiger partial charge on any atom is 0.126 e. The number of thiophene rings is 1. The molecule has 3 aromatic rings. The first-order chi connectivity index (χ1) is 9.81. The Kier molecular flexibility index (Phi) is 2.74. The zero-order valence-corrected chi connectivity index (χ0v) is 11.7. The highest BCUT2D eigenvalue weighted by atomic mass is 32.1. The molecule has 0 saturated carbocycles. The minimum Gasteiger partial charge on any atom is -0.378 e. The van der Waals surface area contributed by atoms with Crippen molar-refractivity contribution < 1.29 is 4.39 Å². The number of hydrogen-bond acceptors (Lipinski definition) is 2. The molecule has 1 unspecified atom stereocenters. The van der Waals surface area contributed by atoms with Crippen LogP contribution in [0.3, 0.4) is 0 Å².